The van der Waals surface area contributed by atoms with E-state index in [4.69, 9.17) is 4.74 Å². The van der Waals surface area contributed by atoms with Crippen molar-refractivity contribution in [3.05, 3.63) is 0 Å². The smallest absolute Gasteiger partial charge is 0.319 e. The van der Waals surface area contributed by atoms with Gasteiger partial charge in [-0.15, -0.1) is 0 Å². The van der Waals surface area contributed by atoms with Crippen molar-refractivity contribution in [1.82, 2.24) is 0 Å². The predicted octanol–water partition coefficient (Wildman–Crippen LogP) is 2.11. The summed E-state index contributed by atoms with van der Waals surface area (Å²) in [5.41, 5.74) is 0. The van der Waals surface area contributed by atoms with Gasteiger partial charge in [-0.25, -0.2) is 0 Å². The molecule has 0 aliphatic carbocycles. The predicted molar refractivity (Wildman–Crippen MR) is 44.2 cm³/mol. The van der Waals surface area contributed by atoms with Crippen LogP contribution in [0.15, 0.2) is 0 Å². The van der Waals surface area contributed by atoms with Gasteiger partial charge in [0.15, 0.2) is 0 Å². The number of carbonyl (C=O) groups excluding carboxylic acids is 1. The number of ether oxygens (including phenoxy) is 1. The van der Waals surface area contributed by atoms with Crippen molar-refractivity contribution >= 4 is 21.9 Å². The number of rotatable bonds is 3. The van der Waals surface area contributed by atoms with E-state index >= 15 is 0 Å². The van der Waals surface area contributed by atoms with Crippen LogP contribution in [0.3, 0.4) is 0 Å². The van der Waals surface area contributed by atoms with Crippen molar-refractivity contribution in [3.63, 3.8) is 0 Å². The summed E-state index contributed by atoms with van der Waals surface area (Å²) in [5, 5.41) is 0. The van der Waals surface area contributed by atoms with Crippen LogP contribution < -0.4 is 0 Å². The SMILES string of the molecule is CCC(Br)C(=O)OC(C)C. The van der Waals surface area contributed by atoms with Gasteiger partial charge in [0.2, 0.25) is 0 Å². The van der Waals surface area contributed by atoms with Crippen LogP contribution in [0.1, 0.15) is 27.2 Å². The molecule has 2 nitrogen and oxygen atoms in total. The first-order valence-corrected chi connectivity index (χ1v) is 4.34. The minimum atomic E-state index is -0.169. The Morgan fingerprint density at radius 3 is 2.40 bits per heavy atom. The monoisotopic (exact) mass is 208 g/mol. The summed E-state index contributed by atoms with van der Waals surface area (Å²) in [4.78, 5) is 10.8. The van der Waals surface area contributed by atoms with Crippen molar-refractivity contribution in [1.29, 1.82) is 0 Å². The summed E-state index contributed by atoms with van der Waals surface area (Å²) < 4.78 is 4.92. The second-order valence-electron chi connectivity index (χ2n) is 2.36. The maximum absolute atomic E-state index is 10.9. The van der Waals surface area contributed by atoms with Gasteiger partial charge in [0.05, 0.1) is 6.10 Å². The highest BCUT2D eigenvalue weighted by atomic mass is 79.9. The van der Waals surface area contributed by atoms with E-state index in [2.05, 4.69) is 15.9 Å². The Balaban J connectivity index is 3.62. The van der Waals surface area contributed by atoms with Crippen LogP contribution in [0.4, 0.5) is 0 Å². The lowest BCUT2D eigenvalue weighted by molar-refractivity contribution is -0.146. The molecule has 0 aromatic rings. The van der Waals surface area contributed by atoms with Crippen molar-refractivity contribution < 1.29 is 9.53 Å². The zero-order valence-electron chi connectivity index (χ0n) is 6.56. The Morgan fingerprint density at radius 2 is 2.10 bits per heavy atom. The van der Waals surface area contributed by atoms with Gasteiger partial charge in [0.25, 0.3) is 0 Å². The lowest BCUT2D eigenvalue weighted by atomic mass is 10.3. The van der Waals surface area contributed by atoms with Crippen LogP contribution in [-0.4, -0.2) is 16.9 Å². The van der Waals surface area contributed by atoms with Gasteiger partial charge in [-0.05, 0) is 20.3 Å². The number of halogens is 1. The molecule has 3 heteroatoms. The number of esters is 1. The molecule has 0 N–H and O–H groups in total. The lowest BCUT2D eigenvalue weighted by Crippen LogP contribution is -2.20. The van der Waals surface area contributed by atoms with Crippen LogP contribution in [0.5, 0.6) is 0 Å². The van der Waals surface area contributed by atoms with Crippen LogP contribution in [0.25, 0.3) is 0 Å². The molecule has 0 rings (SSSR count). The maximum atomic E-state index is 10.9. The Morgan fingerprint density at radius 1 is 1.60 bits per heavy atom. The molecule has 0 aromatic carbocycles. The first kappa shape index (κ1) is 9.95. The van der Waals surface area contributed by atoms with Crippen LogP contribution >= 0.6 is 15.9 Å². The topological polar surface area (TPSA) is 26.3 Å². The summed E-state index contributed by atoms with van der Waals surface area (Å²) in [7, 11) is 0. The zero-order chi connectivity index (χ0) is 8.15. The molecule has 0 aliphatic rings. The van der Waals surface area contributed by atoms with Crippen molar-refractivity contribution in [2.45, 2.75) is 38.1 Å². The van der Waals surface area contributed by atoms with Gasteiger partial charge < -0.3 is 4.74 Å². The van der Waals surface area contributed by atoms with E-state index in [9.17, 15) is 4.79 Å². The molecule has 0 fully saturated rings. The average molecular weight is 209 g/mol. The second-order valence-corrected chi connectivity index (χ2v) is 3.47. The van der Waals surface area contributed by atoms with Gasteiger partial charge >= 0.3 is 5.97 Å². The van der Waals surface area contributed by atoms with Crippen LogP contribution in [0, 0.1) is 0 Å². The standard InChI is InChI=1S/C7H13BrO2/c1-4-6(8)7(9)10-5(2)3/h5-6H,4H2,1-3H3. The fraction of sp³-hybridized carbons (Fsp3) is 0.857. The molecule has 0 amide bonds. The van der Waals surface area contributed by atoms with E-state index in [1.807, 2.05) is 20.8 Å². The highest BCUT2D eigenvalue weighted by Crippen LogP contribution is 2.07. The van der Waals surface area contributed by atoms with Crippen molar-refractivity contribution in [2.24, 2.45) is 0 Å². The summed E-state index contributed by atoms with van der Waals surface area (Å²) in [5.74, 6) is -0.169. The summed E-state index contributed by atoms with van der Waals surface area (Å²) in [6, 6.07) is 0. The first-order valence-electron chi connectivity index (χ1n) is 3.42. The molecule has 0 saturated carbocycles. The van der Waals surface area contributed by atoms with E-state index in [0.717, 1.165) is 6.42 Å². The highest BCUT2D eigenvalue weighted by molar-refractivity contribution is 9.10. The highest BCUT2D eigenvalue weighted by Gasteiger charge is 2.14. The lowest BCUT2D eigenvalue weighted by Gasteiger charge is -2.10. The third-order valence-corrected chi connectivity index (χ3v) is 1.99. The second kappa shape index (κ2) is 4.72. The van der Waals surface area contributed by atoms with Gasteiger partial charge in [-0.2, -0.15) is 0 Å². The van der Waals surface area contributed by atoms with Crippen LogP contribution in [0.2, 0.25) is 0 Å². The molecule has 60 valence electrons. The van der Waals surface area contributed by atoms with E-state index in [1.54, 1.807) is 0 Å². The molecule has 0 aromatic heterocycles. The van der Waals surface area contributed by atoms with E-state index in [0.29, 0.717) is 0 Å². The van der Waals surface area contributed by atoms with Gasteiger partial charge in [-0.1, -0.05) is 22.9 Å². The third-order valence-electron chi connectivity index (χ3n) is 0.966. The fourth-order valence-electron chi connectivity index (χ4n) is 0.473. The molecular weight excluding hydrogens is 196 g/mol. The maximum Gasteiger partial charge on any atom is 0.319 e. The first-order chi connectivity index (χ1) is 4.57. The minimum Gasteiger partial charge on any atom is -0.462 e. The minimum absolute atomic E-state index is 0.0147. The Labute approximate surface area is 70.1 Å². The third kappa shape index (κ3) is 3.88. The molecule has 0 radical (unpaired) electrons. The quantitative estimate of drug-likeness (QED) is 0.525. The molecular formula is C7H13BrO2. The zero-order valence-corrected chi connectivity index (χ0v) is 8.14. The number of alkyl halides is 1. The molecule has 0 saturated heterocycles. The molecule has 0 spiro atoms. The summed E-state index contributed by atoms with van der Waals surface area (Å²) in [6.45, 7) is 5.61. The van der Waals surface area contributed by atoms with Crippen molar-refractivity contribution in [3.8, 4) is 0 Å². The average Bonchev–Trinajstić information content (AvgIpc) is 1.85. The molecule has 0 aliphatic heterocycles. The largest absolute Gasteiger partial charge is 0.462 e. The van der Waals surface area contributed by atoms with Gasteiger partial charge in [-0.3, -0.25) is 4.79 Å². The molecule has 10 heavy (non-hydrogen) atoms. The Hall–Kier alpha value is -0.0500. The normalized spacial score (nSPS) is 13.3. The summed E-state index contributed by atoms with van der Waals surface area (Å²) in [6.07, 6.45) is 0.755. The number of carbonyl (C=O) groups is 1. The number of hydrogen-bond acceptors (Lipinski definition) is 2. The van der Waals surface area contributed by atoms with Crippen LogP contribution in [-0.2, 0) is 9.53 Å². The fourth-order valence-corrected chi connectivity index (χ4v) is 0.581. The van der Waals surface area contributed by atoms with E-state index in [-0.39, 0.29) is 16.9 Å². The van der Waals surface area contributed by atoms with E-state index in [1.165, 1.54) is 0 Å². The molecule has 0 heterocycles. The van der Waals surface area contributed by atoms with Gasteiger partial charge in [0, 0.05) is 0 Å². The van der Waals surface area contributed by atoms with Crippen molar-refractivity contribution in [2.75, 3.05) is 0 Å². The molecule has 1 atom stereocenters. The Kier molecular flexibility index (Phi) is 4.69. The molecule has 1 unspecified atom stereocenters. The summed E-state index contributed by atoms with van der Waals surface area (Å²) >= 11 is 3.20. The number of hydrogen-bond donors (Lipinski definition) is 0. The van der Waals surface area contributed by atoms with Gasteiger partial charge in [0.1, 0.15) is 4.83 Å². The molecule has 0 bridgehead atoms. The van der Waals surface area contributed by atoms with E-state index < -0.39 is 0 Å². The Bertz CT molecular complexity index is 112.